The Bertz CT molecular complexity index is 5680. The van der Waals surface area contributed by atoms with E-state index in [4.69, 9.17) is 104 Å². The number of fused-ring (bicyclic) bond motifs is 4. The van der Waals surface area contributed by atoms with Crippen LogP contribution >= 0.6 is 54.6 Å². The Morgan fingerprint density at radius 1 is 0.495 bits per heavy atom. The summed E-state index contributed by atoms with van der Waals surface area (Å²) < 4.78 is 212. The molecule has 0 atom stereocenters. The maximum atomic E-state index is 13.0. The summed E-state index contributed by atoms with van der Waals surface area (Å²) in [6.45, 7) is 15.6. The van der Waals surface area contributed by atoms with E-state index in [0.29, 0.717) is 65.0 Å². The Labute approximate surface area is 666 Å². The van der Waals surface area contributed by atoms with Crippen molar-refractivity contribution in [1.82, 2.24) is 0 Å². The number of aliphatic hydroxyl groups is 1. The first-order valence-corrected chi connectivity index (χ1v) is 36.0. The van der Waals surface area contributed by atoms with Crippen molar-refractivity contribution in [2.45, 2.75) is 95.4 Å². The number of Topliss-reactive ketones (excluding diaryl/α,β-unsaturated/α-hetero) is 2. The van der Waals surface area contributed by atoms with Crippen LogP contribution < -0.4 is 0 Å². The Morgan fingerprint density at radius 2 is 0.854 bits per heavy atom. The number of aromatic hydroxyl groups is 3. The molecule has 1 radical (unpaired) electrons. The van der Waals surface area contributed by atoms with Crippen molar-refractivity contribution in [3.63, 3.8) is 0 Å². The number of hydrogen-bond acceptors (Lipinski definition) is 15. The quantitative estimate of drug-likeness (QED) is 0.0372. The molecule has 0 spiro atoms. The van der Waals surface area contributed by atoms with E-state index in [2.05, 4.69) is 24.8 Å². The van der Waals surface area contributed by atoms with Gasteiger partial charge in [-0.3, -0.25) is 19.2 Å². The number of hydrogen-bond donors (Lipinski definition) is 5. The molecule has 537 valence electrons. The zero-order valence-electron chi connectivity index (χ0n) is 81.4. The summed E-state index contributed by atoms with van der Waals surface area (Å²) in [4.78, 5) is 57.3. The van der Waals surface area contributed by atoms with Crippen LogP contribution in [0, 0.1) is 20.8 Å². The van der Waals surface area contributed by atoms with Gasteiger partial charge in [0, 0.05) is 78.0 Å². The number of aliphatic hydroxyl groups excluding tert-OH is 1. The minimum absolute atomic E-state index is 0. The fourth-order valence-corrected chi connectivity index (χ4v) is 7.67. The van der Waals surface area contributed by atoms with E-state index in [-0.39, 0.29) is 200 Å². The summed E-state index contributed by atoms with van der Waals surface area (Å²) in [7, 11) is 20.2. The number of aryl methyl sites for hydroxylation is 5. The number of phenolic OH excluding ortho intramolecular Hbond substituents is 3. The molecule has 0 bridgehead atoms. The number of carbonyl (C=O) groups is 5. The van der Waals surface area contributed by atoms with Crippen LogP contribution in [-0.2, 0) is 24.1 Å². The summed E-state index contributed by atoms with van der Waals surface area (Å²) in [6, 6.07) is 14.6. The second-order valence-corrected chi connectivity index (χ2v) is 26.7. The van der Waals surface area contributed by atoms with Crippen LogP contribution in [0.25, 0.3) is 43.9 Å². The van der Waals surface area contributed by atoms with Crippen molar-refractivity contribution >= 4 is 146 Å². The number of ketones is 4. The van der Waals surface area contributed by atoms with Crippen molar-refractivity contribution in [1.29, 1.82) is 0 Å². The maximum absolute atomic E-state index is 13.0. The normalized spacial score (nSPS) is 13.0. The number of thiol groups is 1. The van der Waals surface area contributed by atoms with Crippen molar-refractivity contribution < 1.29 is 96.3 Å². The first kappa shape index (κ1) is 56.2. The molecule has 13 aromatic rings. The van der Waals surface area contributed by atoms with Gasteiger partial charge < -0.3 is 42.9 Å². The van der Waals surface area contributed by atoms with Crippen molar-refractivity contribution in [3.05, 3.63) is 304 Å². The van der Waals surface area contributed by atoms with Gasteiger partial charge in [-0.2, -0.15) is 0 Å². The summed E-state index contributed by atoms with van der Waals surface area (Å²) in [5.74, 6) is -0.399. The van der Waals surface area contributed by atoms with Gasteiger partial charge in [0.25, 0.3) is 5.24 Å². The molecule has 9 aromatic carbocycles. The molecule has 0 fully saturated rings. The Kier molecular flexibility index (Phi) is 27.0. The van der Waals surface area contributed by atoms with Gasteiger partial charge >= 0.3 is 36.1 Å². The van der Waals surface area contributed by atoms with Gasteiger partial charge in [0.2, 0.25) is 0 Å². The molecule has 4 aromatic heterocycles. The molecule has 0 unspecified atom stereocenters. The van der Waals surface area contributed by atoms with Gasteiger partial charge in [-0.25, -0.2) is 30.1 Å². The molecule has 21 heteroatoms. The second-order valence-electron chi connectivity index (χ2n) is 19.7. The Morgan fingerprint density at radius 3 is 1.26 bits per heavy atom. The molecule has 0 amide bonds. The number of para-hydroxylation sites is 6. The average molecular weight is 1530 g/mol. The maximum Gasteiger partial charge on any atom is 0.643 e. The minimum Gasteiger partial charge on any atom is -0.214 e. The number of benzene rings is 9. The number of halogens is 4. The summed E-state index contributed by atoms with van der Waals surface area (Å²) in [5.41, 5.74) is 4.31. The molecular weight excluding hydrogens is 1420 g/mol. The topological polar surface area (TPSA) is 231 Å². The number of nitrogens with zero attached hydrogens (tertiary/aromatic N) is 1. The number of phenols is 3. The van der Waals surface area contributed by atoms with Gasteiger partial charge in [0.15, 0.2) is 23.1 Å². The van der Waals surface area contributed by atoms with Crippen LogP contribution in [0.5, 0.6) is 17.2 Å². The third-order valence-electron chi connectivity index (χ3n) is 12.5. The molecule has 103 heavy (non-hydrogen) atoms. The summed E-state index contributed by atoms with van der Waals surface area (Å²) >= 11 is 6.69. The number of carbonyl (C=O) groups excluding carboxylic acids is 5. The molecule has 0 aliphatic heterocycles. The van der Waals surface area contributed by atoms with Gasteiger partial charge in [0.05, 0.1) is 45.4 Å². The van der Waals surface area contributed by atoms with Crippen molar-refractivity contribution in [3.8, 4) is 17.2 Å². The largest absolute Gasteiger partial charge is 0.643 e. The molecule has 0 saturated carbocycles. The molecular formula is C82H86AlBCl4NO13S. The van der Waals surface area contributed by atoms with Crippen LogP contribution in [0.2, 0.25) is 0 Å². The standard InChI is InChI=1S/C18H16O2.C17H14O3.C10H8O2.C10H10O.C8H7ClO.C7H8O.C6H6O.C4H8O.CH4O.CH4.Al.BHNS.3ClH/c1-3-15-17(14-6-4-5-7-16(14)20-15)18(19)13-10-8-12(2)9-11-13;1-2-14-16(13-5-3-4-6-15(13)20-14)17(19)11-7-9-12(18)10-8-11;1-7(11)10-6-8-4-2-3-5-9(8)12-10;1-2-9-7-8-5-3-4-6-10(8)11-9;1-6-2-4-7(5-3-6)8(9)10;1-6-4-2-3-5-7(6)8;7-6-4-2-1-3-5-6;1-3-4(2)5;1-2;;;1-2-3;;;/h4-11H,3H2,1-2H3;3-10,18H,2H2,1H3;2-6H,1H3;3-7H,2H2,1H3;2-5H,1H3;2-5,8H,1H3;1-5,7H;3H2,1-2H3;2H,1H3;1H4;;3H;3*1H/q;;;;;;;;;;+3;;;;/p-3/i4D,5D,6D,7D;3D,4D,5D,6D;2D,3D,4D,5D;3D,4D,5D,6D;;2D,3D,4D,5D;1D,2D,3D,4D,5D;;;;;;;;. The average Bonchev–Trinajstić information content (AvgIpc) is 1.59. The number of furan rings is 4. The molecule has 0 aliphatic carbocycles. The molecule has 14 nitrogen and oxygen atoms in total. The fraction of sp³-hybridized carbons (Fsp3) is 0.183. The molecule has 0 aliphatic rings. The van der Waals surface area contributed by atoms with Crippen molar-refractivity contribution in [2.75, 3.05) is 7.11 Å². The molecule has 4 heterocycles. The molecule has 0 saturated heterocycles. The zero-order valence-corrected chi connectivity index (χ0v) is 61.5. The first-order valence-electron chi connectivity index (χ1n) is 42.4. The minimum atomic E-state index is -1.72. The number of rotatable bonds is 10. The van der Waals surface area contributed by atoms with Gasteiger partial charge in [0.1, 0.15) is 62.6 Å². The van der Waals surface area contributed by atoms with Gasteiger partial charge in [-0.05, 0) is 136 Å². The predicted octanol–water partition coefficient (Wildman–Crippen LogP) is 22.7. The predicted molar refractivity (Wildman–Crippen MR) is 428 cm³/mol. The van der Waals surface area contributed by atoms with Gasteiger partial charge in [-0.15, -0.1) is 0 Å². The van der Waals surface area contributed by atoms with E-state index in [9.17, 15) is 34.2 Å². The zero-order chi connectivity index (χ0) is 97.4. The van der Waals surface area contributed by atoms with Crippen LogP contribution in [0.15, 0.2) is 258 Å². The van der Waals surface area contributed by atoms with E-state index in [0.717, 1.165) is 18.2 Å². The second kappa shape index (κ2) is 49.4. The van der Waals surface area contributed by atoms with Crippen LogP contribution in [0.1, 0.15) is 176 Å². The third-order valence-corrected chi connectivity index (χ3v) is 12.8. The van der Waals surface area contributed by atoms with Gasteiger partial charge in [-0.1, -0.05) is 191 Å². The van der Waals surface area contributed by atoms with E-state index in [1.807, 2.05) is 58.9 Å². The van der Waals surface area contributed by atoms with Crippen molar-refractivity contribution in [2.24, 2.45) is 4.30 Å². The molecule has 4 N–H and O–H groups in total. The van der Waals surface area contributed by atoms with Crippen LogP contribution in [0.3, 0.4) is 0 Å². The monoisotopic (exact) mass is 1530 g/mol. The first-order chi connectivity index (χ1) is 59.3. The third kappa shape index (κ3) is 31.5. The smallest absolute Gasteiger partial charge is 0.214 e. The Hall–Kier alpha value is -9.24. The Balaban J connectivity index is 0.000000501. The van der Waals surface area contributed by atoms with E-state index in [1.165, 1.54) is 44.2 Å². The van der Waals surface area contributed by atoms with E-state index < -0.39 is 76.5 Å². The van der Waals surface area contributed by atoms with Crippen LogP contribution in [0.4, 0.5) is 0 Å². The fourth-order valence-electron chi connectivity index (χ4n) is 7.54. The molecule has 13 rings (SSSR count). The summed E-state index contributed by atoms with van der Waals surface area (Å²) in [6.07, 6.45) is 2.13. The van der Waals surface area contributed by atoms with E-state index >= 15 is 0 Å². The summed E-state index contributed by atoms with van der Waals surface area (Å²) in [5, 5.41) is 35.1. The van der Waals surface area contributed by atoms with Crippen LogP contribution in [-0.4, -0.2) is 74.9 Å². The SMILES string of the molecule is C.CCC(C)=O.CO.Cc1ccc(C(=O)Cl)cc1.[2H]c1c([2H])c([2H])c(O)c(C)c1[2H].[2H]c1c([2H])c([2H])c(O)c([2H])c1[2H].[2H]c1c([2H])c([2H])c2c(C(=O)c3ccc(C)cc3)c(CC)oc2c1[2H].[2H]c1c([2H])c([2H])c2c(C(=O)c3ccc(O)cc3)c(CC)oc2c1[2H].[2H]c1c([2H])c([2H])c2oc(C(C)=O)cc2c1[2H].[2H]c1c([2H])c([2H])c2oc(CC)cc2c1[2H].[B]=NS.[Cl][Al]([Cl])[Cl]. The van der Waals surface area contributed by atoms with E-state index in [1.54, 1.807) is 44.2 Å².